The molecule has 0 radical (unpaired) electrons. The van der Waals surface area contributed by atoms with Crippen molar-refractivity contribution in [2.45, 2.75) is 33.1 Å². The zero-order valence-corrected chi connectivity index (χ0v) is 14.0. The predicted octanol–water partition coefficient (Wildman–Crippen LogP) is 2.26. The lowest BCUT2D eigenvalue weighted by atomic mass is 10.1. The molecule has 3 N–H and O–H groups in total. The van der Waals surface area contributed by atoms with Crippen molar-refractivity contribution >= 4 is 28.9 Å². The average molecular weight is 320 g/mol. The summed E-state index contributed by atoms with van der Waals surface area (Å²) in [4.78, 5) is 13.4. The summed E-state index contributed by atoms with van der Waals surface area (Å²) in [6.07, 6.45) is 2.54. The van der Waals surface area contributed by atoms with Crippen LogP contribution >= 0.6 is 12.2 Å². The Labute approximate surface area is 137 Å². The molecule has 0 atom stereocenters. The van der Waals surface area contributed by atoms with Gasteiger partial charge in [-0.15, -0.1) is 0 Å². The second kappa shape index (κ2) is 9.89. The monoisotopic (exact) mass is 320 g/mol. The van der Waals surface area contributed by atoms with Gasteiger partial charge in [-0.1, -0.05) is 37.3 Å². The van der Waals surface area contributed by atoms with Crippen LogP contribution in [0.1, 0.15) is 38.7 Å². The molecule has 0 spiro atoms. The van der Waals surface area contributed by atoms with Crippen molar-refractivity contribution in [3.05, 3.63) is 35.9 Å². The summed E-state index contributed by atoms with van der Waals surface area (Å²) in [7, 11) is 0. The molecule has 0 heterocycles. The Kier molecular flexibility index (Phi) is 8.14. The first-order valence-electron chi connectivity index (χ1n) is 7.47. The Bertz CT molecular complexity index is 516. The van der Waals surface area contributed by atoms with E-state index in [0.29, 0.717) is 0 Å². The minimum atomic E-state index is 0.112. The molecule has 0 saturated carbocycles. The quantitative estimate of drug-likeness (QED) is 0.438. The van der Waals surface area contributed by atoms with Crippen LogP contribution in [0, 0.1) is 0 Å². The van der Waals surface area contributed by atoms with Crippen LogP contribution in [0.15, 0.2) is 35.4 Å². The van der Waals surface area contributed by atoms with Crippen LogP contribution in [0.2, 0.25) is 0 Å². The molecule has 1 amide bonds. The van der Waals surface area contributed by atoms with Crippen molar-refractivity contribution in [2.24, 2.45) is 10.8 Å². The highest BCUT2D eigenvalue weighted by atomic mass is 32.1. The van der Waals surface area contributed by atoms with Gasteiger partial charge in [0.2, 0.25) is 5.91 Å². The Morgan fingerprint density at radius 1 is 1.32 bits per heavy atom. The number of carbonyl (C=O) groups excluding carboxylic acids is 1. The van der Waals surface area contributed by atoms with Crippen LogP contribution < -0.4 is 11.2 Å². The molecule has 0 fully saturated rings. The topological polar surface area (TPSA) is 70.7 Å². The fourth-order valence-electron chi connectivity index (χ4n) is 2.15. The number of rotatable bonds is 8. The number of benzene rings is 1. The number of hydrazone groups is 1. The lowest BCUT2D eigenvalue weighted by Crippen LogP contribution is -2.31. The first-order chi connectivity index (χ1) is 10.5. The maximum atomic E-state index is 11.5. The molecule has 22 heavy (non-hydrogen) atoms. The largest absolute Gasteiger partial charge is 0.375 e. The van der Waals surface area contributed by atoms with Gasteiger partial charge in [0, 0.05) is 20.0 Å². The molecule has 0 aliphatic carbocycles. The minimum absolute atomic E-state index is 0.112. The summed E-state index contributed by atoms with van der Waals surface area (Å²) in [5, 5.41) is 4.42. The number of carbonyl (C=O) groups is 1. The first kappa shape index (κ1) is 18.1. The molecular formula is C16H24N4OS. The molecule has 1 aromatic carbocycles. The third-order valence-corrected chi connectivity index (χ3v) is 3.28. The number of amides is 1. The lowest BCUT2D eigenvalue weighted by Gasteiger charge is -2.20. The molecule has 0 unspecified atom stereocenters. The van der Waals surface area contributed by atoms with E-state index in [0.717, 1.165) is 43.6 Å². The van der Waals surface area contributed by atoms with Crippen molar-refractivity contribution in [1.82, 2.24) is 10.3 Å². The SMILES string of the molecule is CCCN(CCCC(=NNC(N)=S)c1ccccc1)C(C)=O. The molecule has 6 heteroatoms. The van der Waals surface area contributed by atoms with E-state index in [-0.39, 0.29) is 11.0 Å². The van der Waals surface area contributed by atoms with Gasteiger partial charge in [-0.05, 0) is 37.0 Å². The number of nitrogens with two attached hydrogens (primary N) is 1. The second-order valence-electron chi connectivity index (χ2n) is 5.01. The van der Waals surface area contributed by atoms with E-state index in [1.807, 2.05) is 35.2 Å². The average Bonchev–Trinajstić information content (AvgIpc) is 2.50. The van der Waals surface area contributed by atoms with Crippen molar-refractivity contribution in [1.29, 1.82) is 0 Å². The zero-order chi connectivity index (χ0) is 16.4. The summed E-state index contributed by atoms with van der Waals surface area (Å²) in [6.45, 7) is 5.19. The Morgan fingerprint density at radius 3 is 2.55 bits per heavy atom. The van der Waals surface area contributed by atoms with Gasteiger partial charge in [-0.3, -0.25) is 10.2 Å². The lowest BCUT2D eigenvalue weighted by molar-refractivity contribution is -0.128. The highest BCUT2D eigenvalue weighted by Gasteiger charge is 2.09. The molecule has 5 nitrogen and oxygen atoms in total. The fraction of sp³-hybridized carbons (Fsp3) is 0.438. The van der Waals surface area contributed by atoms with Gasteiger partial charge in [0.15, 0.2) is 5.11 Å². The van der Waals surface area contributed by atoms with E-state index in [9.17, 15) is 4.79 Å². The summed E-state index contributed by atoms with van der Waals surface area (Å²) in [5.41, 5.74) is 9.99. The first-order valence-corrected chi connectivity index (χ1v) is 7.88. The van der Waals surface area contributed by atoms with Crippen molar-refractivity contribution < 1.29 is 4.79 Å². The summed E-state index contributed by atoms with van der Waals surface area (Å²) in [5.74, 6) is 0.112. The Morgan fingerprint density at radius 2 is 2.00 bits per heavy atom. The maximum absolute atomic E-state index is 11.5. The van der Waals surface area contributed by atoms with E-state index < -0.39 is 0 Å². The number of hydrogen-bond donors (Lipinski definition) is 2. The number of hydrogen-bond acceptors (Lipinski definition) is 3. The van der Waals surface area contributed by atoms with Gasteiger partial charge in [-0.25, -0.2) is 0 Å². The molecule has 0 aliphatic heterocycles. The molecule has 120 valence electrons. The van der Waals surface area contributed by atoms with Crippen LogP contribution in [0.3, 0.4) is 0 Å². The fourth-order valence-corrected chi connectivity index (χ4v) is 2.20. The highest BCUT2D eigenvalue weighted by molar-refractivity contribution is 7.80. The highest BCUT2D eigenvalue weighted by Crippen LogP contribution is 2.08. The molecule has 0 saturated heterocycles. The predicted molar refractivity (Wildman–Crippen MR) is 94.7 cm³/mol. The number of thiocarbonyl (C=S) groups is 1. The van der Waals surface area contributed by atoms with Crippen LogP contribution in [0.5, 0.6) is 0 Å². The van der Waals surface area contributed by atoms with Gasteiger partial charge >= 0.3 is 0 Å². The van der Waals surface area contributed by atoms with Crippen molar-refractivity contribution in [3.8, 4) is 0 Å². The molecule has 1 rings (SSSR count). The van der Waals surface area contributed by atoms with E-state index in [4.69, 9.17) is 18.0 Å². The molecule has 1 aromatic rings. The minimum Gasteiger partial charge on any atom is -0.375 e. The standard InChI is InChI=1S/C16H24N4OS/c1-3-11-20(13(2)21)12-7-10-15(18-19-16(17)22)14-8-5-4-6-9-14/h4-6,8-9H,3,7,10-12H2,1-2H3,(H3,17,19,22). The molecule has 0 aromatic heterocycles. The number of nitrogens with zero attached hydrogens (tertiary/aromatic N) is 2. The summed E-state index contributed by atoms with van der Waals surface area (Å²) >= 11 is 4.79. The van der Waals surface area contributed by atoms with Gasteiger partial charge in [0.25, 0.3) is 0 Å². The number of nitrogens with one attached hydrogen (secondary N) is 1. The van der Waals surface area contributed by atoms with Crippen LogP contribution in [0.4, 0.5) is 0 Å². The smallest absolute Gasteiger partial charge is 0.219 e. The maximum Gasteiger partial charge on any atom is 0.219 e. The zero-order valence-electron chi connectivity index (χ0n) is 13.2. The third-order valence-electron chi connectivity index (χ3n) is 3.19. The van der Waals surface area contributed by atoms with Crippen molar-refractivity contribution in [2.75, 3.05) is 13.1 Å². The molecular weight excluding hydrogens is 296 g/mol. The van der Waals surface area contributed by atoms with Crippen molar-refractivity contribution in [3.63, 3.8) is 0 Å². The Balaban J connectivity index is 2.68. The van der Waals surface area contributed by atoms with Gasteiger partial charge in [-0.2, -0.15) is 5.10 Å². The second-order valence-corrected chi connectivity index (χ2v) is 5.45. The van der Waals surface area contributed by atoms with Crippen LogP contribution in [-0.4, -0.2) is 34.7 Å². The van der Waals surface area contributed by atoms with E-state index in [1.54, 1.807) is 6.92 Å². The van der Waals surface area contributed by atoms with Gasteiger partial charge in [0.1, 0.15) is 0 Å². The van der Waals surface area contributed by atoms with Crippen LogP contribution in [-0.2, 0) is 4.79 Å². The molecule has 0 aliphatic rings. The summed E-state index contributed by atoms with van der Waals surface area (Å²) in [6, 6.07) is 9.87. The van der Waals surface area contributed by atoms with Gasteiger partial charge in [0.05, 0.1) is 5.71 Å². The third kappa shape index (κ3) is 6.67. The normalized spacial score (nSPS) is 11.1. The van der Waals surface area contributed by atoms with Gasteiger partial charge < -0.3 is 10.6 Å². The van der Waals surface area contributed by atoms with E-state index >= 15 is 0 Å². The van der Waals surface area contributed by atoms with Crippen LogP contribution in [0.25, 0.3) is 0 Å². The van der Waals surface area contributed by atoms with E-state index in [1.165, 1.54) is 0 Å². The molecule has 0 bridgehead atoms. The Hall–Kier alpha value is -1.95. The summed E-state index contributed by atoms with van der Waals surface area (Å²) < 4.78 is 0. The van der Waals surface area contributed by atoms with E-state index in [2.05, 4.69) is 17.5 Å².